The van der Waals surface area contributed by atoms with Crippen molar-refractivity contribution >= 4 is 28.9 Å². The van der Waals surface area contributed by atoms with Crippen molar-refractivity contribution in [2.45, 2.75) is 90.1 Å². The van der Waals surface area contributed by atoms with Crippen LogP contribution < -0.4 is 10.6 Å². The van der Waals surface area contributed by atoms with Crippen LogP contribution in [0.15, 0.2) is 18.3 Å². The van der Waals surface area contributed by atoms with Gasteiger partial charge in [0.1, 0.15) is 10.8 Å². The number of nitrogens with one attached hydrogen (secondary N) is 2. The lowest BCUT2D eigenvalue weighted by Crippen LogP contribution is -2.27. The average molecular weight is 443 g/mol. The number of pyridine rings is 1. The van der Waals surface area contributed by atoms with Crippen molar-refractivity contribution in [2.24, 2.45) is 0 Å². The molecule has 1 atom stereocenters. The van der Waals surface area contributed by atoms with Crippen molar-refractivity contribution in [3.05, 3.63) is 28.9 Å². The van der Waals surface area contributed by atoms with Crippen molar-refractivity contribution in [2.75, 3.05) is 17.7 Å². The van der Waals surface area contributed by atoms with Crippen molar-refractivity contribution < 1.29 is 5.11 Å². The summed E-state index contributed by atoms with van der Waals surface area (Å²) in [5.74, 6) is 0.991. The minimum absolute atomic E-state index is 0.494. The normalized spacial score (nSPS) is 16.0. The van der Waals surface area contributed by atoms with Crippen molar-refractivity contribution in [3.8, 4) is 10.6 Å². The zero-order valence-electron chi connectivity index (χ0n) is 19.3. The number of aromatic nitrogens is 2. The number of unbranched alkanes of at least 4 members (excludes halogenated alkanes) is 2. The van der Waals surface area contributed by atoms with Crippen LogP contribution in [0.1, 0.15) is 82.2 Å². The number of aliphatic hydroxyl groups excluding tert-OH is 1. The molecule has 0 aliphatic heterocycles. The van der Waals surface area contributed by atoms with Gasteiger partial charge in [-0.2, -0.15) is 0 Å². The predicted octanol–water partition coefficient (Wildman–Crippen LogP) is 6.51. The van der Waals surface area contributed by atoms with E-state index in [4.69, 9.17) is 15.1 Å². The molecule has 0 bridgehead atoms. The highest BCUT2D eigenvalue weighted by Gasteiger charge is 2.20. The highest BCUT2D eigenvalue weighted by molar-refractivity contribution is 7.15. The van der Waals surface area contributed by atoms with Crippen molar-refractivity contribution in [1.29, 1.82) is 0 Å². The molecule has 5 nitrogen and oxygen atoms in total. The fraction of sp³-hybridized carbons (Fsp3) is 0.600. The number of allylic oxidation sites excluding steroid dienone is 1. The standard InChI is InChI=1S/C24H34N4S.CH4O/c1-3-5-6-10-17(4-2)26-21-15-23(27-18-11-9-12-18)25-16-19(21)24-28-20-13-7-8-14-22(20)29-24;1-2/h7,13,15-18H,3-6,8-12,14H2,1-2H3,(H2,25,26,27);2H,1H3. The lowest BCUT2D eigenvalue weighted by atomic mass is 9.93. The van der Waals surface area contributed by atoms with E-state index in [2.05, 4.69) is 42.7 Å². The first-order chi connectivity index (χ1) is 15.3. The Balaban J connectivity index is 0.00000132. The number of hydrogen-bond acceptors (Lipinski definition) is 6. The monoisotopic (exact) mass is 442 g/mol. The molecule has 0 radical (unpaired) electrons. The van der Waals surface area contributed by atoms with Crippen LogP contribution in [-0.4, -0.2) is 34.3 Å². The van der Waals surface area contributed by atoms with Gasteiger partial charge in [-0.15, -0.1) is 11.3 Å². The molecule has 1 saturated carbocycles. The number of thiazole rings is 1. The second kappa shape index (κ2) is 12.2. The van der Waals surface area contributed by atoms with Crippen LogP contribution in [0.2, 0.25) is 0 Å². The van der Waals surface area contributed by atoms with Gasteiger partial charge in [-0.05, 0) is 51.0 Å². The topological polar surface area (TPSA) is 70.1 Å². The zero-order valence-corrected chi connectivity index (χ0v) is 20.1. The third-order valence-corrected chi connectivity index (χ3v) is 7.31. The Bertz CT molecular complexity index is 844. The summed E-state index contributed by atoms with van der Waals surface area (Å²) in [5.41, 5.74) is 3.47. The molecule has 3 N–H and O–H groups in total. The van der Waals surface area contributed by atoms with Crippen molar-refractivity contribution in [1.82, 2.24) is 9.97 Å². The molecule has 0 saturated heterocycles. The average Bonchev–Trinajstić information content (AvgIpc) is 3.21. The van der Waals surface area contributed by atoms with Crippen LogP contribution >= 0.6 is 11.3 Å². The lowest BCUT2D eigenvalue weighted by Gasteiger charge is -2.27. The van der Waals surface area contributed by atoms with Gasteiger partial charge in [-0.25, -0.2) is 9.97 Å². The summed E-state index contributed by atoms with van der Waals surface area (Å²) < 4.78 is 0. The Kier molecular flexibility index (Phi) is 9.34. The minimum Gasteiger partial charge on any atom is -0.400 e. The van der Waals surface area contributed by atoms with Gasteiger partial charge in [-0.3, -0.25) is 0 Å². The summed E-state index contributed by atoms with van der Waals surface area (Å²) in [6, 6.07) is 3.30. The molecule has 0 spiro atoms. The molecular formula is C25H38N4OS. The molecule has 2 aliphatic carbocycles. The van der Waals surface area contributed by atoms with Gasteiger partial charge in [0, 0.05) is 42.0 Å². The molecule has 1 fully saturated rings. The van der Waals surface area contributed by atoms with Gasteiger partial charge < -0.3 is 15.7 Å². The summed E-state index contributed by atoms with van der Waals surface area (Å²) in [6.45, 7) is 4.55. The second-order valence-electron chi connectivity index (χ2n) is 8.40. The van der Waals surface area contributed by atoms with Gasteiger partial charge in [0.05, 0.1) is 11.3 Å². The summed E-state index contributed by atoms with van der Waals surface area (Å²) in [7, 11) is 1.00. The van der Waals surface area contributed by atoms with E-state index in [0.29, 0.717) is 12.1 Å². The number of anilines is 2. The quantitative estimate of drug-likeness (QED) is 0.366. The molecule has 2 aromatic rings. The molecule has 170 valence electrons. The van der Waals surface area contributed by atoms with E-state index < -0.39 is 0 Å². The first-order valence-electron chi connectivity index (χ1n) is 11.9. The van der Waals surface area contributed by atoms with E-state index >= 15 is 0 Å². The fourth-order valence-corrected chi connectivity index (χ4v) is 5.11. The van der Waals surface area contributed by atoms with Gasteiger partial charge in [0.25, 0.3) is 0 Å². The molecule has 0 aromatic carbocycles. The highest BCUT2D eigenvalue weighted by Crippen LogP contribution is 2.37. The third kappa shape index (κ3) is 6.30. The molecule has 1 unspecified atom stereocenters. The number of aryl methyl sites for hydroxylation is 1. The van der Waals surface area contributed by atoms with Crippen LogP contribution in [-0.2, 0) is 6.42 Å². The summed E-state index contributed by atoms with van der Waals surface area (Å²) >= 11 is 1.83. The molecule has 2 aliphatic rings. The first-order valence-corrected chi connectivity index (χ1v) is 12.7. The zero-order chi connectivity index (χ0) is 22.1. The molecule has 2 aromatic heterocycles. The predicted molar refractivity (Wildman–Crippen MR) is 134 cm³/mol. The Morgan fingerprint density at radius 2 is 2.06 bits per heavy atom. The third-order valence-electron chi connectivity index (χ3n) is 6.14. The molecule has 6 heteroatoms. The van der Waals surface area contributed by atoms with Crippen LogP contribution in [0.4, 0.5) is 11.5 Å². The molecule has 4 rings (SSSR count). The smallest absolute Gasteiger partial charge is 0.128 e. The minimum atomic E-state index is 0.494. The van der Waals surface area contributed by atoms with Gasteiger partial charge >= 0.3 is 0 Å². The Morgan fingerprint density at radius 3 is 2.74 bits per heavy atom. The SMILES string of the molecule is CCCCCC(CC)Nc1cc(NC2CCC2)ncc1-c1nc2c(s1)CCC=C2.CO. The number of nitrogens with zero attached hydrogens (tertiary/aromatic N) is 2. The first kappa shape index (κ1) is 23.7. The maximum absolute atomic E-state index is 7.00. The fourth-order valence-electron chi connectivity index (χ4n) is 4.02. The molecular weight excluding hydrogens is 404 g/mol. The summed E-state index contributed by atoms with van der Waals surface area (Å²) in [5, 5.41) is 15.6. The van der Waals surface area contributed by atoms with E-state index in [1.54, 1.807) is 0 Å². The number of hydrogen-bond donors (Lipinski definition) is 3. The summed E-state index contributed by atoms with van der Waals surface area (Å²) in [4.78, 5) is 11.1. The molecule has 0 amide bonds. The molecule has 31 heavy (non-hydrogen) atoms. The van der Waals surface area contributed by atoms with E-state index in [1.807, 2.05) is 17.5 Å². The summed E-state index contributed by atoms with van der Waals surface area (Å²) in [6.07, 6.45) is 18.7. The Morgan fingerprint density at radius 1 is 1.23 bits per heavy atom. The van der Waals surface area contributed by atoms with E-state index in [0.717, 1.165) is 48.5 Å². The van der Waals surface area contributed by atoms with Crippen molar-refractivity contribution in [3.63, 3.8) is 0 Å². The van der Waals surface area contributed by atoms with E-state index in [9.17, 15) is 0 Å². The number of aliphatic hydroxyl groups is 1. The van der Waals surface area contributed by atoms with Crippen LogP contribution in [0.3, 0.4) is 0 Å². The van der Waals surface area contributed by atoms with E-state index in [-0.39, 0.29) is 0 Å². The van der Waals surface area contributed by atoms with Gasteiger partial charge in [0.2, 0.25) is 0 Å². The Labute approximate surface area is 191 Å². The Hall–Kier alpha value is -1.92. The number of fused-ring (bicyclic) bond motifs is 1. The van der Waals surface area contributed by atoms with Gasteiger partial charge in [0.15, 0.2) is 0 Å². The van der Waals surface area contributed by atoms with Crippen LogP contribution in [0.25, 0.3) is 16.6 Å². The molecule has 2 heterocycles. The van der Waals surface area contributed by atoms with Crippen LogP contribution in [0.5, 0.6) is 0 Å². The highest BCUT2D eigenvalue weighted by atomic mass is 32.1. The lowest BCUT2D eigenvalue weighted by molar-refractivity contribution is 0.399. The second-order valence-corrected chi connectivity index (χ2v) is 9.48. The van der Waals surface area contributed by atoms with E-state index in [1.165, 1.54) is 55.5 Å². The maximum atomic E-state index is 7.00. The number of rotatable bonds is 10. The van der Waals surface area contributed by atoms with Crippen LogP contribution in [0, 0.1) is 0 Å². The maximum Gasteiger partial charge on any atom is 0.128 e. The van der Waals surface area contributed by atoms with Gasteiger partial charge in [-0.1, -0.05) is 39.2 Å². The largest absolute Gasteiger partial charge is 0.400 e.